The van der Waals surface area contributed by atoms with Crippen molar-refractivity contribution in [2.45, 2.75) is 24.9 Å². The lowest BCUT2D eigenvalue weighted by Crippen LogP contribution is -2.29. The van der Waals surface area contributed by atoms with Crippen LogP contribution < -0.4 is 0 Å². The average molecular weight is 154 g/mol. The molecule has 1 aliphatic carbocycles. The van der Waals surface area contributed by atoms with Crippen LogP contribution >= 0.6 is 0 Å². The number of tetrazole rings is 1. The number of hydrogen-bond acceptors (Lipinski definition) is 4. The first-order valence-corrected chi connectivity index (χ1v) is 3.69. The maximum Gasteiger partial charge on any atom is 0.180 e. The molecule has 1 saturated carbocycles. The van der Waals surface area contributed by atoms with Crippen molar-refractivity contribution in [3.05, 3.63) is 5.82 Å². The minimum absolute atomic E-state index is 0.128. The molecule has 1 fully saturated rings. The van der Waals surface area contributed by atoms with E-state index in [-0.39, 0.29) is 12.0 Å². The number of aryl methyl sites for hydroxylation is 1. The first-order valence-electron chi connectivity index (χ1n) is 3.69. The second-order valence-corrected chi connectivity index (χ2v) is 2.89. The highest BCUT2D eigenvalue weighted by atomic mass is 16.3. The van der Waals surface area contributed by atoms with E-state index in [4.69, 9.17) is 0 Å². The molecule has 0 amide bonds. The average Bonchev–Trinajstić information content (AvgIpc) is 2.33. The number of hydrogen-bond donors (Lipinski definition) is 1. The normalized spacial score (nSPS) is 30.0. The van der Waals surface area contributed by atoms with Gasteiger partial charge in [-0.15, -0.1) is 10.2 Å². The van der Waals surface area contributed by atoms with Gasteiger partial charge in [0, 0.05) is 5.92 Å². The molecule has 1 N–H and O–H groups in total. The lowest BCUT2D eigenvalue weighted by atomic mass is 9.81. The summed E-state index contributed by atoms with van der Waals surface area (Å²) in [6, 6.07) is 0. The van der Waals surface area contributed by atoms with E-state index in [1.54, 1.807) is 7.05 Å². The predicted molar refractivity (Wildman–Crippen MR) is 36.8 cm³/mol. The molecule has 2 rings (SSSR count). The highest BCUT2D eigenvalue weighted by molar-refractivity contribution is 5.01. The van der Waals surface area contributed by atoms with Crippen molar-refractivity contribution in [2.75, 3.05) is 0 Å². The second-order valence-electron chi connectivity index (χ2n) is 2.89. The molecule has 0 bridgehead atoms. The molecule has 0 radical (unpaired) electrons. The van der Waals surface area contributed by atoms with E-state index in [2.05, 4.69) is 15.4 Å². The summed E-state index contributed by atoms with van der Waals surface area (Å²) in [4.78, 5) is 1.42. The Kier molecular flexibility index (Phi) is 1.38. The topological polar surface area (TPSA) is 63.8 Å². The Balaban J connectivity index is 2.16. The quantitative estimate of drug-likeness (QED) is 0.589. The summed E-state index contributed by atoms with van der Waals surface area (Å²) >= 11 is 0. The van der Waals surface area contributed by atoms with Crippen LogP contribution in [0, 0.1) is 0 Å². The Bertz CT molecular complexity index is 259. The third-order valence-corrected chi connectivity index (χ3v) is 2.09. The van der Waals surface area contributed by atoms with Crippen LogP contribution in [0.4, 0.5) is 0 Å². The molecule has 5 heteroatoms. The van der Waals surface area contributed by atoms with E-state index >= 15 is 0 Å². The summed E-state index contributed by atoms with van der Waals surface area (Å²) < 4.78 is 0. The summed E-state index contributed by atoms with van der Waals surface area (Å²) in [6.07, 6.45) is 1.59. The molecule has 0 aromatic carbocycles. The van der Waals surface area contributed by atoms with Gasteiger partial charge >= 0.3 is 0 Å². The largest absolute Gasteiger partial charge is 0.392 e. The molecule has 0 saturated heterocycles. The first-order chi connectivity index (χ1) is 5.27. The van der Waals surface area contributed by atoms with Gasteiger partial charge in [-0.2, -0.15) is 4.80 Å². The summed E-state index contributed by atoms with van der Waals surface area (Å²) in [5, 5.41) is 20.8. The van der Waals surface area contributed by atoms with Gasteiger partial charge in [0.05, 0.1) is 13.2 Å². The fourth-order valence-corrected chi connectivity index (χ4v) is 1.23. The molecule has 0 aliphatic heterocycles. The van der Waals surface area contributed by atoms with Gasteiger partial charge in [0.2, 0.25) is 0 Å². The maximum absolute atomic E-state index is 9.25. The molecule has 1 heterocycles. The molecule has 60 valence electrons. The van der Waals surface area contributed by atoms with Crippen LogP contribution in [0.5, 0.6) is 0 Å². The lowest BCUT2D eigenvalue weighted by molar-refractivity contribution is 0.0620. The van der Waals surface area contributed by atoms with Crippen molar-refractivity contribution in [2.24, 2.45) is 7.05 Å². The van der Waals surface area contributed by atoms with Crippen LogP contribution in [-0.2, 0) is 7.05 Å². The highest BCUT2D eigenvalue weighted by Crippen LogP contribution is 2.34. The van der Waals surface area contributed by atoms with E-state index in [1.807, 2.05) is 0 Å². The fourth-order valence-electron chi connectivity index (χ4n) is 1.23. The number of nitrogens with zero attached hydrogens (tertiary/aromatic N) is 4. The van der Waals surface area contributed by atoms with E-state index in [0.717, 1.165) is 12.8 Å². The summed E-state index contributed by atoms with van der Waals surface area (Å²) in [6.45, 7) is 0. The van der Waals surface area contributed by atoms with Gasteiger partial charge in [-0.1, -0.05) is 0 Å². The third kappa shape index (κ3) is 1.01. The molecular formula is C6H10N4O. The van der Waals surface area contributed by atoms with Crippen LogP contribution in [0.15, 0.2) is 0 Å². The van der Waals surface area contributed by atoms with Gasteiger partial charge in [0.1, 0.15) is 0 Å². The van der Waals surface area contributed by atoms with Crippen LogP contribution in [0.3, 0.4) is 0 Å². The smallest absolute Gasteiger partial charge is 0.180 e. The Labute approximate surface area is 64.0 Å². The highest BCUT2D eigenvalue weighted by Gasteiger charge is 2.33. The van der Waals surface area contributed by atoms with Crippen LogP contribution in [0.25, 0.3) is 0 Å². The Hall–Kier alpha value is -0.970. The number of aromatic nitrogens is 4. The SMILES string of the molecule is Cn1nnc(C2CCC2O)n1. The van der Waals surface area contributed by atoms with E-state index in [1.165, 1.54) is 4.80 Å². The minimum Gasteiger partial charge on any atom is -0.392 e. The lowest BCUT2D eigenvalue weighted by Gasteiger charge is -2.29. The zero-order valence-corrected chi connectivity index (χ0v) is 6.30. The molecule has 0 spiro atoms. The van der Waals surface area contributed by atoms with Crippen molar-refractivity contribution < 1.29 is 5.11 Å². The third-order valence-electron chi connectivity index (χ3n) is 2.09. The second kappa shape index (κ2) is 2.27. The molecule has 11 heavy (non-hydrogen) atoms. The van der Waals surface area contributed by atoms with E-state index < -0.39 is 0 Å². The van der Waals surface area contributed by atoms with Crippen molar-refractivity contribution >= 4 is 0 Å². The predicted octanol–water partition coefficient (Wildman–Crippen LogP) is -0.552. The first kappa shape index (κ1) is 6.72. The van der Waals surface area contributed by atoms with E-state index in [0.29, 0.717) is 5.82 Å². The zero-order valence-electron chi connectivity index (χ0n) is 6.30. The van der Waals surface area contributed by atoms with Crippen molar-refractivity contribution in [3.63, 3.8) is 0 Å². The summed E-state index contributed by atoms with van der Waals surface area (Å²) in [7, 11) is 1.72. The number of rotatable bonds is 1. The number of aliphatic hydroxyl groups excluding tert-OH is 1. The van der Waals surface area contributed by atoms with Gasteiger partial charge in [0.25, 0.3) is 0 Å². The molecule has 2 atom stereocenters. The van der Waals surface area contributed by atoms with Gasteiger partial charge < -0.3 is 5.11 Å². The van der Waals surface area contributed by atoms with Gasteiger partial charge in [-0.3, -0.25) is 0 Å². The summed E-state index contributed by atoms with van der Waals surface area (Å²) in [5.41, 5.74) is 0. The van der Waals surface area contributed by atoms with Gasteiger partial charge in [-0.05, 0) is 18.1 Å². The molecule has 1 aromatic heterocycles. The Morgan fingerprint density at radius 2 is 2.36 bits per heavy atom. The standard InChI is InChI=1S/C6H10N4O/c1-10-8-6(7-9-10)4-2-3-5(4)11/h4-5,11H,2-3H2,1H3. The van der Waals surface area contributed by atoms with Gasteiger partial charge in [-0.25, -0.2) is 0 Å². The van der Waals surface area contributed by atoms with Crippen molar-refractivity contribution in [3.8, 4) is 0 Å². The zero-order chi connectivity index (χ0) is 7.84. The maximum atomic E-state index is 9.25. The van der Waals surface area contributed by atoms with Crippen molar-refractivity contribution in [1.29, 1.82) is 0 Å². The van der Waals surface area contributed by atoms with E-state index in [9.17, 15) is 5.11 Å². The van der Waals surface area contributed by atoms with Crippen LogP contribution in [0.1, 0.15) is 24.6 Å². The monoisotopic (exact) mass is 154 g/mol. The molecule has 1 aliphatic rings. The minimum atomic E-state index is -0.251. The van der Waals surface area contributed by atoms with Crippen LogP contribution in [-0.4, -0.2) is 31.4 Å². The fraction of sp³-hybridized carbons (Fsp3) is 0.833. The molecular weight excluding hydrogens is 144 g/mol. The number of aliphatic hydroxyl groups is 1. The van der Waals surface area contributed by atoms with Gasteiger partial charge in [0.15, 0.2) is 5.82 Å². The Morgan fingerprint density at radius 3 is 2.73 bits per heavy atom. The molecule has 1 aromatic rings. The molecule has 2 unspecified atom stereocenters. The molecule has 5 nitrogen and oxygen atoms in total. The van der Waals surface area contributed by atoms with Crippen LogP contribution in [0.2, 0.25) is 0 Å². The Morgan fingerprint density at radius 1 is 1.55 bits per heavy atom. The summed E-state index contributed by atoms with van der Waals surface area (Å²) in [5.74, 6) is 0.801. The van der Waals surface area contributed by atoms with Crippen molar-refractivity contribution in [1.82, 2.24) is 20.2 Å².